The van der Waals surface area contributed by atoms with Crippen LogP contribution in [0.4, 0.5) is 11.5 Å². The fourth-order valence-corrected chi connectivity index (χ4v) is 4.61. The van der Waals surface area contributed by atoms with Crippen LogP contribution in [0.5, 0.6) is 0 Å². The standard InChI is InChI=1S/C27H28N4O4/c1-31(27(34)19-6-4-3-5-7-19)20-12-13-21-22(14-20)29-25(24(21)23(32)16-35-2)30-26(33)18-10-8-17(15-28)9-11-18/h8-14,19,29H,3-7,16H2,1-2H3,(H,30,33). The van der Waals surface area contributed by atoms with Crippen molar-refractivity contribution in [3.8, 4) is 6.07 Å². The van der Waals surface area contributed by atoms with Gasteiger partial charge in [0.25, 0.3) is 5.91 Å². The summed E-state index contributed by atoms with van der Waals surface area (Å²) in [6, 6.07) is 13.7. The van der Waals surface area contributed by atoms with E-state index in [1.54, 1.807) is 42.3 Å². The Morgan fingerprint density at radius 1 is 1.11 bits per heavy atom. The van der Waals surface area contributed by atoms with E-state index >= 15 is 0 Å². The van der Waals surface area contributed by atoms with Crippen molar-refractivity contribution in [3.63, 3.8) is 0 Å². The highest BCUT2D eigenvalue weighted by atomic mass is 16.5. The first kappa shape index (κ1) is 24.2. The number of ketones is 1. The molecule has 0 aliphatic heterocycles. The van der Waals surface area contributed by atoms with Crippen molar-refractivity contribution >= 4 is 40.0 Å². The quantitative estimate of drug-likeness (QED) is 0.485. The Balaban J connectivity index is 1.66. The van der Waals surface area contributed by atoms with Crippen LogP contribution in [-0.2, 0) is 9.53 Å². The summed E-state index contributed by atoms with van der Waals surface area (Å²) in [5.74, 6) is -0.310. The van der Waals surface area contributed by atoms with E-state index in [1.165, 1.54) is 13.5 Å². The zero-order chi connectivity index (χ0) is 24.9. The van der Waals surface area contributed by atoms with Crippen LogP contribution in [-0.4, -0.2) is 43.3 Å². The van der Waals surface area contributed by atoms with Crippen molar-refractivity contribution in [3.05, 3.63) is 59.2 Å². The highest BCUT2D eigenvalue weighted by Gasteiger charge is 2.26. The molecule has 2 amide bonds. The first-order valence-corrected chi connectivity index (χ1v) is 11.7. The van der Waals surface area contributed by atoms with E-state index in [4.69, 9.17) is 10.00 Å². The predicted octanol–water partition coefficient (Wildman–Crippen LogP) is 4.66. The number of hydrogen-bond acceptors (Lipinski definition) is 5. The maximum Gasteiger partial charge on any atom is 0.256 e. The average molecular weight is 473 g/mol. The second kappa shape index (κ2) is 10.5. The molecule has 2 aromatic carbocycles. The molecule has 0 unspecified atom stereocenters. The number of nitrogens with one attached hydrogen (secondary N) is 2. The number of hydrogen-bond donors (Lipinski definition) is 2. The highest BCUT2D eigenvalue weighted by Crippen LogP contribution is 2.32. The number of carbonyl (C=O) groups excluding carboxylic acids is 3. The smallest absolute Gasteiger partial charge is 0.256 e. The van der Waals surface area contributed by atoms with Gasteiger partial charge in [0.2, 0.25) is 5.91 Å². The minimum atomic E-state index is -0.419. The number of methoxy groups -OCH3 is 1. The van der Waals surface area contributed by atoms with Crippen molar-refractivity contribution in [2.75, 3.05) is 31.0 Å². The lowest BCUT2D eigenvalue weighted by atomic mass is 9.88. The lowest BCUT2D eigenvalue weighted by Crippen LogP contribution is -2.33. The molecule has 2 N–H and O–H groups in total. The van der Waals surface area contributed by atoms with Crippen molar-refractivity contribution in [1.82, 2.24) is 4.98 Å². The molecule has 8 nitrogen and oxygen atoms in total. The molecule has 1 aliphatic carbocycles. The maximum absolute atomic E-state index is 13.0. The number of anilines is 2. The number of nitriles is 1. The van der Waals surface area contributed by atoms with Crippen LogP contribution >= 0.6 is 0 Å². The van der Waals surface area contributed by atoms with E-state index in [0.717, 1.165) is 25.7 Å². The van der Waals surface area contributed by atoms with Gasteiger partial charge in [-0.25, -0.2) is 0 Å². The van der Waals surface area contributed by atoms with Gasteiger partial charge in [-0.1, -0.05) is 19.3 Å². The second-order valence-corrected chi connectivity index (χ2v) is 8.84. The third-order valence-electron chi connectivity index (χ3n) is 6.52. The molecule has 3 aromatic rings. The largest absolute Gasteiger partial charge is 0.377 e. The van der Waals surface area contributed by atoms with Crippen LogP contribution in [0, 0.1) is 17.2 Å². The summed E-state index contributed by atoms with van der Waals surface area (Å²) in [5, 5.41) is 12.4. The lowest BCUT2D eigenvalue weighted by molar-refractivity contribution is -0.123. The predicted molar refractivity (Wildman–Crippen MR) is 134 cm³/mol. The molecular formula is C27H28N4O4. The molecule has 1 fully saturated rings. The lowest BCUT2D eigenvalue weighted by Gasteiger charge is -2.26. The van der Waals surface area contributed by atoms with Gasteiger partial charge in [-0.15, -0.1) is 0 Å². The number of fused-ring (bicyclic) bond motifs is 1. The van der Waals surface area contributed by atoms with Gasteiger partial charge in [-0.3, -0.25) is 14.4 Å². The average Bonchev–Trinajstić information content (AvgIpc) is 3.25. The zero-order valence-corrected chi connectivity index (χ0v) is 19.9. The minimum Gasteiger partial charge on any atom is -0.377 e. The van der Waals surface area contributed by atoms with Gasteiger partial charge in [0.1, 0.15) is 12.4 Å². The Morgan fingerprint density at radius 3 is 2.49 bits per heavy atom. The molecule has 0 radical (unpaired) electrons. The Labute approximate surface area is 203 Å². The SMILES string of the molecule is COCC(=O)c1c(NC(=O)c2ccc(C#N)cc2)[nH]c2cc(N(C)C(=O)C3CCCCC3)ccc12. The molecule has 0 spiro atoms. The third-order valence-corrected chi connectivity index (χ3v) is 6.52. The maximum atomic E-state index is 13.0. The molecule has 1 aromatic heterocycles. The van der Waals surface area contributed by atoms with Crippen LogP contribution in [0.1, 0.15) is 58.4 Å². The Morgan fingerprint density at radius 2 is 1.83 bits per heavy atom. The van der Waals surface area contributed by atoms with Crippen molar-refractivity contribution < 1.29 is 19.1 Å². The number of benzene rings is 2. The molecule has 1 aliphatic rings. The topological polar surface area (TPSA) is 115 Å². The monoisotopic (exact) mass is 472 g/mol. The summed E-state index contributed by atoms with van der Waals surface area (Å²) in [5.41, 5.74) is 2.45. The van der Waals surface area contributed by atoms with Crippen LogP contribution < -0.4 is 10.2 Å². The van der Waals surface area contributed by atoms with Gasteiger partial charge in [-0.2, -0.15) is 5.26 Å². The van der Waals surface area contributed by atoms with E-state index in [-0.39, 0.29) is 30.0 Å². The summed E-state index contributed by atoms with van der Waals surface area (Å²) in [6.07, 6.45) is 5.15. The van der Waals surface area contributed by atoms with E-state index < -0.39 is 5.91 Å². The first-order valence-electron chi connectivity index (χ1n) is 11.7. The zero-order valence-electron chi connectivity index (χ0n) is 19.9. The number of ether oxygens (including phenoxy) is 1. The number of aromatic amines is 1. The first-order chi connectivity index (χ1) is 16.9. The van der Waals surface area contributed by atoms with E-state index in [0.29, 0.717) is 33.3 Å². The normalized spacial score (nSPS) is 13.9. The minimum absolute atomic E-state index is 0.0363. The molecule has 4 rings (SSSR count). The summed E-state index contributed by atoms with van der Waals surface area (Å²) < 4.78 is 5.05. The molecule has 1 saturated carbocycles. The number of carbonyl (C=O) groups is 3. The summed E-state index contributed by atoms with van der Waals surface area (Å²) >= 11 is 0. The molecular weight excluding hydrogens is 444 g/mol. The van der Waals surface area contributed by atoms with E-state index in [9.17, 15) is 14.4 Å². The number of amides is 2. The third kappa shape index (κ3) is 5.10. The Hall–Kier alpha value is -3.96. The van der Waals surface area contributed by atoms with Crippen LogP contribution in [0.3, 0.4) is 0 Å². The molecule has 35 heavy (non-hydrogen) atoms. The van der Waals surface area contributed by atoms with E-state index in [1.807, 2.05) is 18.2 Å². The van der Waals surface area contributed by atoms with Gasteiger partial charge >= 0.3 is 0 Å². The Bertz CT molecular complexity index is 1300. The van der Waals surface area contributed by atoms with Gasteiger partial charge in [0.15, 0.2) is 5.78 Å². The summed E-state index contributed by atoms with van der Waals surface area (Å²) in [7, 11) is 3.21. The number of nitrogens with zero attached hydrogens (tertiary/aromatic N) is 2. The molecule has 0 saturated heterocycles. The molecule has 8 heteroatoms. The van der Waals surface area contributed by atoms with Crippen molar-refractivity contribution in [1.29, 1.82) is 5.26 Å². The molecule has 180 valence electrons. The van der Waals surface area contributed by atoms with Crippen LogP contribution in [0.25, 0.3) is 10.9 Å². The van der Waals surface area contributed by atoms with Gasteiger partial charge < -0.3 is 19.9 Å². The number of aromatic nitrogens is 1. The van der Waals surface area contributed by atoms with Crippen molar-refractivity contribution in [2.24, 2.45) is 5.92 Å². The fourth-order valence-electron chi connectivity index (χ4n) is 4.61. The van der Waals surface area contributed by atoms with Gasteiger partial charge in [0.05, 0.1) is 17.2 Å². The number of Topliss-reactive ketones (excluding diaryl/α,β-unsaturated/α-hetero) is 1. The van der Waals surface area contributed by atoms with Crippen LogP contribution in [0.2, 0.25) is 0 Å². The number of H-pyrrole nitrogens is 1. The van der Waals surface area contributed by atoms with Gasteiger partial charge in [-0.05, 0) is 55.3 Å². The summed E-state index contributed by atoms with van der Waals surface area (Å²) in [4.78, 5) is 43.6. The number of rotatable bonds is 7. The summed E-state index contributed by atoms with van der Waals surface area (Å²) in [6.45, 7) is -0.144. The fraction of sp³-hybridized carbons (Fsp3) is 0.333. The second-order valence-electron chi connectivity index (χ2n) is 8.84. The molecule has 0 atom stereocenters. The van der Waals surface area contributed by atoms with Crippen LogP contribution in [0.15, 0.2) is 42.5 Å². The van der Waals surface area contributed by atoms with Gasteiger partial charge in [0, 0.05) is 42.2 Å². The molecule has 0 bridgehead atoms. The molecule has 1 heterocycles. The van der Waals surface area contributed by atoms with Crippen molar-refractivity contribution in [2.45, 2.75) is 32.1 Å². The highest BCUT2D eigenvalue weighted by molar-refractivity contribution is 6.17. The Kier molecular flexibility index (Phi) is 7.28. The van der Waals surface area contributed by atoms with E-state index in [2.05, 4.69) is 10.3 Å².